The van der Waals surface area contributed by atoms with E-state index in [0.717, 1.165) is 32.5 Å². The van der Waals surface area contributed by atoms with Gasteiger partial charge in [0.25, 0.3) is 5.91 Å². The van der Waals surface area contributed by atoms with Crippen molar-refractivity contribution in [1.29, 1.82) is 0 Å². The molecule has 0 unspecified atom stereocenters. The summed E-state index contributed by atoms with van der Waals surface area (Å²) in [5.74, 6) is -1.99. The van der Waals surface area contributed by atoms with Gasteiger partial charge in [-0.15, -0.1) is 0 Å². The first-order valence-electron chi connectivity index (χ1n) is 15.9. The summed E-state index contributed by atoms with van der Waals surface area (Å²) in [5, 5.41) is 17.2. The van der Waals surface area contributed by atoms with E-state index in [-0.39, 0.29) is 35.1 Å². The van der Waals surface area contributed by atoms with Crippen LogP contribution < -0.4 is 16.4 Å². The van der Waals surface area contributed by atoms with Gasteiger partial charge in [-0.1, -0.05) is 38.2 Å². The van der Waals surface area contributed by atoms with Crippen molar-refractivity contribution in [3.63, 3.8) is 0 Å². The molecule has 1 saturated heterocycles. The number of aliphatic hydroxyl groups excluding tert-OH is 1. The number of ketones is 2. The summed E-state index contributed by atoms with van der Waals surface area (Å²) in [6.45, 7) is 10.3. The second-order valence-electron chi connectivity index (χ2n) is 12.4. The molecule has 2 bridgehead atoms. The molecule has 254 valence electrons. The van der Waals surface area contributed by atoms with Crippen LogP contribution >= 0.6 is 0 Å². The first-order chi connectivity index (χ1) is 21.9. The third-order valence-corrected chi connectivity index (χ3v) is 8.72. The van der Waals surface area contributed by atoms with Gasteiger partial charge < -0.3 is 40.6 Å². The molecule has 46 heavy (non-hydrogen) atoms. The van der Waals surface area contributed by atoms with Gasteiger partial charge in [-0.05, 0) is 64.1 Å². The zero-order valence-corrected chi connectivity index (χ0v) is 27.8. The van der Waals surface area contributed by atoms with E-state index in [4.69, 9.17) is 19.9 Å². The lowest BCUT2D eigenvalue weighted by atomic mass is 9.85. The van der Waals surface area contributed by atoms with Crippen molar-refractivity contribution in [1.82, 2.24) is 15.5 Å². The number of allylic oxidation sites excluding steroid dienone is 4. The van der Waals surface area contributed by atoms with Crippen molar-refractivity contribution < 1.29 is 38.5 Å². The Balaban J connectivity index is 2.01. The van der Waals surface area contributed by atoms with E-state index in [9.17, 15) is 24.3 Å². The standard InChI is InChI=1S/C34H50N4O8/c1-20-16-24-29(36-12-15-38-13-7-8-14-38)26(39)19-25(31(24)41)37-33(42)21(2)10-9-11-27(44-5)32(46-34(35)43)23(4)18-22(3)30(40)28(17-20)45-6/h9-11,18-20,22,27-28,30,32,36,40H,7-8,12-17H2,1-6H3,(H2,35,43)(H,37,42)/b11-9-,21-10-,23-18-/t20-,22+,27+,28+,30-,32+/m1/s1. The van der Waals surface area contributed by atoms with Crippen molar-refractivity contribution in [3.05, 3.63) is 58.5 Å². The number of hydrogen-bond donors (Lipinski definition) is 4. The molecule has 2 amide bonds. The van der Waals surface area contributed by atoms with Crippen LogP contribution in [-0.4, -0.2) is 98.4 Å². The van der Waals surface area contributed by atoms with Crippen LogP contribution in [0.5, 0.6) is 0 Å². The molecule has 0 aromatic rings. The summed E-state index contributed by atoms with van der Waals surface area (Å²) in [5.41, 5.74) is 6.66. The lowest BCUT2D eigenvalue weighted by molar-refractivity contribution is -0.120. The molecular weight excluding hydrogens is 592 g/mol. The van der Waals surface area contributed by atoms with Crippen LogP contribution in [-0.2, 0) is 28.6 Å². The predicted molar refractivity (Wildman–Crippen MR) is 173 cm³/mol. The average molecular weight is 643 g/mol. The number of nitrogens with one attached hydrogen (secondary N) is 2. The Kier molecular flexibility index (Phi) is 13.9. The largest absolute Gasteiger partial charge is 0.439 e. The molecule has 0 saturated carbocycles. The summed E-state index contributed by atoms with van der Waals surface area (Å²) in [6, 6.07) is 0. The van der Waals surface area contributed by atoms with E-state index in [1.807, 2.05) is 13.8 Å². The number of carbonyl (C=O) groups excluding carboxylic acids is 4. The molecule has 1 fully saturated rings. The summed E-state index contributed by atoms with van der Waals surface area (Å²) in [6.07, 6.45) is 6.29. The number of fused-ring (bicyclic) bond motifs is 2. The fourth-order valence-corrected chi connectivity index (χ4v) is 6.12. The maximum Gasteiger partial charge on any atom is 0.405 e. The predicted octanol–water partition coefficient (Wildman–Crippen LogP) is 2.45. The van der Waals surface area contributed by atoms with Crippen molar-refractivity contribution in [2.75, 3.05) is 40.4 Å². The number of nitrogens with two attached hydrogens (primary N) is 1. The number of hydrogen-bond acceptors (Lipinski definition) is 10. The molecule has 0 spiro atoms. The number of primary amides is 1. The molecule has 3 rings (SSSR count). The van der Waals surface area contributed by atoms with E-state index in [1.54, 1.807) is 32.1 Å². The van der Waals surface area contributed by atoms with Crippen molar-refractivity contribution in [2.45, 2.75) is 77.8 Å². The Morgan fingerprint density at radius 2 is 1.83 bits per heavy atom. The SMILES string of the molecule is CO[C@H]1/C=C\C=C(\C)C(=O)NC2=CC(=O)C(NCCN3CCCC3)=C(C[C@@H](C)C[C@H](OC)[C@H](O)[C@@H](C)/C=C(/C)[C@@H]1OC(N)=O)C2=O. The second-order valence-corrected chi connectivity index (χ2v) is 12.4. The molecule has 5 N–H and O–H groups in total. The number of ether oxygens (including phenoxy) is 3. The van der Waals surface area contributed by atoms with Crippen LogP contribution in [0.1, 0.15) is 53.4 Å². The molecule has 0 aromatic carbocycles. The van der Waals surface area contributed by atoms with E-state index in [2.05, 4.69) is 15.5 Å². The molecule has 0 aromatic heterocycles. The number of Topliss-reactive ketones (excluding diaryl/α,β-unsaturated/α-hetero) is 1. The van der Waals surface area contributed by atoms with Gasteiger partial charge in [0, 0.05) is 50.4 Å². The summed E-state index contributed by atoms with van der Waals surface area (Å²) < 4.78 is 16.7. The second kappa shape index (κ2) is 17.4. The van der Waals surface area contributed by atoms with Gasteiger partial charge in [0.2, 0.25) is 11.6 Å². The fourth-order valence-electron chi connectivity index (χ4n) is 6.12. The molecule has 3 aliphatic rings. The minimum Gasteiger partial charge on any atom is -0.439 e. The van der Waals surface area contributed by atoms with E-state index >= 15 is 0 Å². The third kappa shape index (κ3) is 9.96. The van der Waals surface area contributed by atoms with Gasteiger partial charge >= 0.3 is 6.09 Å². The van der Waals surface area contributed by atoms with Crippen molar-refractivity contribution in [3.8, 4) is 0 Å². The quantitative estimate of drug-likeness (QED) is 0.239. The maximum absolute atomic E-state index is 13.8. The molecule has 2 aliphatic heterocycles. The number of amides is 2. The topological polar surface area (TPSA) is 170 Å². The zero-order valence-electron chi connectivity index (χ0n) is 27.8. The summed E-state index contributed by atoms with van der Waals surface area (Å²) >= 11 is 0. The number of rotatable bonds is 7. The Morgan fingerprint density at radius 1 is 1.13 bits per heavy atom. The van der Waals surface area contributed by atoms with E-state index in [1.165, 1.54) is 26.4 Å². The van der Waals surface area contributed by atoms with Gasteiger partial charge in [-0.3, -0.25) is 14.4 Å². The number of nitrogens with zero attached hydrogens (tertiary/aromatic N) is 1. The van der Waals surface area contributed by atoms with Crippen LogP contribution in [0.4, 0.5) is 4.79 Å². The third-order valence-electron chi connectivity index (χ3n) is 8.72. The van der Waals surface area contributed by atoms with E-state index < -0.39 is 48.1 Å². The first kappa shape index (κ1) is 36.9. The lowest BCUT2D eigenvalue weighted by Gasteiger charge is -2.30. The smallest absolute Gasteiger partial charge is 0.405 e. The van der Waals surface area contributed by atoms with Crippen LogP contribution in [0.3, 0.4) is 0 Å². The highest BCUT2D eigenvalue weighted by Gasteiger charge is 2.33. The average Bonchev–Trinajstić information content (AvgIpc) is 3.53. The van der Waals surface area contributed by atoms with Gasteiger partial charge in [-0.25, -0.2) is 4.79 Å². The van der Waals surface area contributed by atoms with Gasteiger partial charge in [0.1, 0.15) is 6.10 Å². The molecule has 2 heterocycles. The number of methoxy groups -OCH3 is 2. The molecule has 12 heteroatoms. The molecule has 12 nitrogen and oxygen atoms in total. The van der Waals surface area contributed by atoms with Crippen LogP contribution in [0.15, 0.2) is 58.5 Å². The monoisotopic (exact) mass is 642 g/mol. The van der Waals surface area contributed by atoms with Crippen molar-refractivity contribution in [2.24, 2.45) is 17.6 Å². The minimum absolute atomic E-state index is 0.0987. The van der Waals surface area contributed by atoms with Crippen LogP contribution in [0, 0.1) is 11.8 Å². The Morgan fingerprint density at radius 3 is 2.46 bits per heavy atom. The molecular formula is C34H50N4O8. The lowest BCUT2D eigenvalue weighted by Crippen LogP contribution is -2.38. The Bertz CT molecular complexity index is 1290. The summed E-state index contributed by atoms with van der Waals surface area (Å²) in [4.78, 5) is 54.4. The summed E-state index contributed by atoms with van der Waals surface area (Å²) in [7, 11) is 2.95. The maximum atomic E-state index is 13.8. The highest BCUT2D eigenvalue weighted by Crippen LogP contribution is 2.29. The van der Waals surface area contributed by atoms with Gasteiger partial charge in [0.05, 0.1) is 23.6 Å². The van der Waals surface area contributed by atoms with Crippen LogP contribution in [0.25, 0.3) is 0 Å². The fraction of sp³-hybridized carbons (Fsp3) is 0.588. The van der Waals surface area contributed by atoms with Crippen LogP contribution in [0.2, 0.25) is 0 Å². The minimum atomic E-state index is -0.993. The number of aliphatic hydroxyl groups is 1. The van der Waals surface area contributed by atoms with Gasteiger partial charge in [0.15, 0.2) is 6.10 Å². The Labute approximate surface area is 271 Å². The van der Waals surface area contributed by atoms with Crippen molar-refractivity contribution >= 4 is 23.6 Å². The molecule has 0 radical (unpaired) electrons. The van der Waals surface area contributed by atoms with E-state index in [0.29, 0.717) is 24.1 Å². The number of likely N-dealkylation sites (tertiary alicyclic amines) is 1. The highest BCUT2D eigenvalue weighted by molar-refractivity contribution is 6.23. The number of carbonyl (C=O) groups is 4. The Hall–Kier alpha value is -3.58. The zero-order chi connectivity index (χ0) is 34.0. The molecule has 1 aliphatic carbocycles. The van der Waals surface area contributed by atoms with Gasteiger partial charge in [-0.2, -0.15) is 0 Å². The normalized spacial score (nSPS) is 32.2. The first-order valence-corrected chi connectivity index (χ1v) is 15.9. The highest BCUT2D eigenvalue weighted by atomic mass is 16.6. The molecule has 6 atom stereocenters.